The molecule has 0 saturated heterocycles. The zero-order chi connectivity index (χ0) is 37.8. The van der Waals surface area contributed by atoms with Crippen LogP contribution in [0.1, 0.15) is 30.5 Å². The molecule has 9 aromatic rings. The Morgan fingerprint density at radius 2 is 0.893 bits per heavy atom. The molecule has 0 saturated carbocycles. The molecule has 0 unspecified atom stereocenters. The number of aryl methyl sites for hydroxylation is 1. The second kappa shape index (κ2) is 13.4. The summed E-state index contributed by atoms with van der Waals surface area (Å²) in [5.74, 6) is 0. The fourth-order valence-electron chi connectivity index (χ4n) is 8.88. The molecule has 56 heavy (non-hydrogen) atoms. The van der Waals surface area contributed by atoms with Gasteiger partial charge in [0.15, 0.2) is 0 Å². The summed E-state index contributed by atoms with van der Waals surface area (Å²) >= 11 is 0. The minimum absolute atomic E-state index is 0.0922. The number of rotatable bonds is 7. The molecule has 0 N–H and O–H groups in total. The standard InChI is InChI=1S/C54H42N2/c1-37-24-28-41(29-25-37)55(52-23-13-15-38-14-7-8-18-45(38)52)42-30-26-39(27-31-42)44-34-35-53(49-21-10-9-19-46(44)49)56(40-16-5-4-6-17-40)43-32-33-48-47-20-11-12-22-50(47)54(2,3)51(48)36-43/h4-36H,1-3H3. The lowest BCUT2D eigenvalue weighted by atomic mass is 9.82. The molecule has 1 aliphatic carbocycles. The molecular formula is C54H42N2. The monoisotopic (exact) mass is 718 g/mol. The predicted octanol–water partition coefficient (Wildman–Crippen LogP) is 15.2. The minimum Gasteiger partial charge on any atom is -0.310 e. The first-order chi connectivity index (χ1) is 27.5. The van der Waals surface area contributed by atoms with Crippen LogP contribution in [0, 0.1) is 6.92 Å². The molecule has 0 atom stereocenters. The van der Waals surface area contributed by atoms with Gasteiger partial charge in [0.1, 0.15) is 0 Å². The largest absolute Gasteiger partial charge is 0.310 e. The van der Waals surface area contributed by atoms with Gasteiger partial charge in [-0.25, -0.2) is 0 Å². The van der Waals surface area contributed by atoms with E-state index < -0.39 is 0 Å². The molecule has 0 fully saturated rings. The van der Waals surface area contributed by atoms with Crippen LogP contribution in [0.4, 0.5) is 34.1 Å². The van der Waals surface area contributed by atoms with Gasteiger partial charge < -0.3 is 9.80 Å². The van der Waals surface area contributed by atoms with Crippen molar-refractivity contribution in [2.24, 2.45) is 0 Å². The van der Waals surface area contributed by atoms with Crippen LogP contribution in [0.2, 0.25) is 0 Å². The summed E-state index contributed by atoms with van der Waals surface area (Å²) < 4.78 is 0. The number of fused-ring (bicyclic) bond motifs is 5. The lowest BCUT2D eigenvalue weighted by molar-refractivity contribution is 0.660. The van der Waals surface area contributed by atoms with Crippen molar-refractivity contribution in [1.82, 2.24) is 0 Å². The van der Waals surface area contributed by atoms with Crippen molar-refractivity contribution in [2.75, 3.05) is 9.80 Å². The molecule has 0 aromatic heterocycles. The van der Waals surface area contributed by atoms with Crippen LogP contribution in [0.3, 0.4) is 0 Å². The summed E-state index contributed by atoms with van der Waals surface area (Å²) in [6.07, 6.45) is 0. The first-order valence-corrected chi connectivity index (χ1v) is 19.5. The van der Waals surface area contributed by atoms with Gasteiger partial charge in [-0.2, -0.15) is 0 Å². The topological polar surface area (TPSA) is 6.48 Å². The Morgan fingerprint density at radius 3 is 1.68 bits per heavy atom. The van der Waals surface area contributed by atoms with Crippen molar-refractivity contribution in [3.05, 3.63) is 217 Å². The Labute approximate surface area is 329 Å². The van der Waals surface area contributed by atoms with Gasteiger partial charge in [0, 0.05) is 38.9 Å². The molecule has 0 amide bonds. The normalized spacial score (nSPS) is 12.7. The first kappa shape index (κ1) is 33.7. The molecule has 0 heterocycles. The van der Waals surface area contributed by atoms with E-state index in [2.05, 4.69) is 231 Å². The van der Waals surface area contributed by atoms with E-state index in [4.69, 9.17) is 0 Å². The van der Waals surface area contributed by atoms with Gasteiger partial charge in [-0.05, 0) is 112 Å². The lowest BCUT2D eigenvalue weighted by Gasteiger charge is -2.29. The zero-order valence-electron chi connectivity index (χ0n) is 31.9. The third-order valence-corrected chi connectivity index (χ3v) is 11.7. The van der Waals surface area contributed by atoms with E-state index in [1.54, 1.807) is 0 Å². The zero-order valence-corrected chi connectivity index (χ0v) is 31.9. The number of benzene rings is 9. The Balaban J connectivity index is 1.08. The second-order valence-electron chi connectivity index (χ2n) is 15.5. The maximum Gasteiger partial charge on any atom is 0.0540 e. The highest BCUT2D eigenvalue weighted by atomic mass is 15.1. The lowest BCUT2D eigenvalue weighted by Crippen LogP contribution is -2.16. The molecule has 0 spiro atoms. The molecule has 10 rings (SSSR count). The third-order valence-electron chi connectivity index (χ3n) is 11.7. The molecule has 9 aromatic carbocycles. The number of para-hydroxylation sites is 1. The van der Waals surface area contributed by atoms with E-state index >= 15 is 0 Å². The van der Waals surface area contributed by atoms with E-state index in [-0.39, 0.29) is 5.41 Å². The van der Waals surface area contributed by atoms with Crippen molar-refractivity contribution >= 4 is 55.7 Å². The van der Waals surface area contributed by atoms with Crippen LogP contribution >= 0.6 is 0 Å². The summed E-state index contributed by atoms with van der Waals surface area (Å²) in [6.45, 7) is 6.85. The molecule has 268 valence electrons. The van der Waals surface area contributed by atoms with E-state index in [0.717, 1.165) is 34.1 Å². The molecule has 0 aliphatic heterocycles. The van der Waals surface area contributed by atoms with Crippen molar-refractivity contribution in [3.8, 4) is 22.3 Å². The average molecular weight is 719 g/mol. The smallest absolute Gasteiger partial charge is 0.0540 e. The summed E-state index contributed by atoms with van der Waals surface area (Å²) in [6, 6.07) is 73.2. The maximum absolute atomic E-state index is 2.43. The number of hydrogen-bond acceptors (Lipinski definition) is 2. The highest BCUT2D eigenvalue weighted by molar-refractivity contribution is 6.07. The van der Waals surface area contributed by atoms with Crippen LogP contribution < -0.4 is 9.80 Å². The van der Waals surface area contributed by atoms with Crippen LogP contribution in [0.15, 0.2) is 200 Å². The number of nitrogens with zero attached hydrogens (tertiary/aromatic N) is 2. The van der Waals surface area contributed by atoms with Gasteiger partial charge in [-0.15, -0.1) is 0 Å². The SMILES string of the molecule is Cc1ccc(N(c2ccc(-c3ccc(N(c4ccccc4)c4ccc5c(c4)C(C)(C)c4ccccc4-5)c4ccccc34)cc2)c2cccc3ccccc23)cc1. The van der Waals surface area contributed by atoms with Crippen molar-refractivity contribution in [3.63, 3.8) is 0 Å². The van der Waals surface area contributed by atoms with E-state index in [1.165, 1.54) is 60.5 Å². The van der Waals surface area contributed by atoms with E-state index in [1.807, 2.05) is 0 Å². The summed E-state index contributed by atoms with van der Waals surface area (Å²) in [5, 5.41) is 4.87. The van der Waals surface area contributed by atoms with Crippen LogP contribution in [0.25, 0.3) is 43.8 Å². The Kier molecular flexibility index (Phi) is 8.08. The van der Waals surface area contributed by atoms with Gasteiger partial charge in [-0.1, -0.05) is 159 Å². The highest BCUT2D eigenvalue weighted by Crippen LogP contribution is 2.51. The van der Waals surface area contributed by atoms with Crippen molar-refractivity contribution in [2.45, 2.75) is 26.2 Å². The van der Waals surface area contributed by atoms with Crippen LogP contribution in [0.5, 0.6) is 0 Å². The first-order valence-electron chi connectivity index (χ1n) is 19.5. The average Bonchev–Trinajstić information content (AvgIpc) is 3.48. The van der Waals surface area contributed by atoms with Crippen LogP contribution in [-0.2, 0) is 5.41 Å². The Morgan fingerprint density at radius 1 is 0.357 bits per heavy atom. The molecule has 1 aliphatic rings. The Hall–Kier alpha value is -6.90. The van der Waals surface area contributed by atoms with Gasteiger partial charge in [0.05, 0.1) is 11.4 Å². The van der Waals surface area contributed by atoms with Crippen molar-refractivity contribution < 1.29 is 0 Å². The number of hydrogen-bond donors (Lipinski definition) is 0. The van der Waals surface area contributed by atoms with Gasteiger partial charge in [0.2, 0.25) is 0 Å². The summed E-state index contributed by atoms with van der Waals surface area (Å²) in [4.78, 5) is 4.80. The van der Waals surface area contributed by atoms with E-state index in [9.17, 15) is 0 Å². The summed E-state index contributed by atoms with van der Waals surface area (Å²) in [5.41, 5.74) is 15.8. The van der Waals surface area contributed by atoms with E-state index in [0.29, 0.717) is 0 Å². The molecule has 2 nitrogen and oxygen atoms in total. The maximum atomic E-state index is 2.43. The predicted molar refractivity (Wildman–Crippen MR) is 239 cm³/mol. The van der Waals surface area contributed by atoms with Gasteiger partial charge >= 0.3 is 0 Å². The molecule has 2 heteroatoms. The third kappa shape index (κ3) is 5.57. The highest BCUT2D eigenvalue weighted by Gasteiger charge is 2.35. The minimum atomic E-state index is -0.0922. The Bertz CT molecular complexity index is 2880. The number of anilines is 6. The molecule has 0 bridgehead atoms. The van der Waals surface area contributed by atoms with Crippen molar-refractivity contribution in [1.29, 1.82) is 0 Å². The molecular weight excluding hydrogens is 677 g/mol. The van der Waals surface area contributed by atoms with Gasteiger partial charge in [-0.3, -0.25) is 0 Å². The fraction of sp³-hybridized carbons (Fsp3) is 0.0741. The van der Waals surface area contributed by atoms with Gasteiger partial charge in [0.25, 0.3) is 0 Å². The van der Waals surface area contributed by atoms with Crippen LogP contribution in [-0.4, -0.2) is 0 Å². The fourth-order valence-corrected chi connectivity index (χ4v) is 8.88. The second-order valence-corrected chi connectivity index (χ2v) is 15.5. The molecule has 0 radical (unpaired) electrons. The summed E-state index contributed by atoms with van der Waals surface area (Å²) in [7, 11) is 0. The quantitative estimate of drug-likeness (QED) is 0.162.